The largest absolute Gasteiger partial charge is 0.456 e. The molecule has 0 spiro atoms. The second-order valence-corrected chi connectivity index (χ2v) is 7.02. The highest BCUT2D eigenvalue weighted by Crippen LogP contribution is 2.31. The van der Waals surface area contributed by atoms with Crippen LogP contribution in [0.2, 0.25) is 0 Å². The van der Waals surface area contributed by atoms with Crippen LogP contribution < -0.4 is 0 Å². The SMILES string of the molecule is O=S(=O)(Cl)C=Cc1ccccc1-c1ccc2cccc-2o1. The second kappa shape index (κ2) is 5.39. The Kier molecular flexibility index (Phi) is 3.57. The second-order valence-electron chi connectivity index (χ2n) is 4.51. The predicted molar refractivity (Wildman–Crippen MR) is 84.6 cm³/mol. The smallest absolute Gasteiger partial charge is 0.254 e. The van der Waals surface area contributed by atoms with Crippen LogP contribution in [0, 0.1) is 0 Å². The van der Waals surface area contributed by atoms with Crippen LogP contribution in [0.4, 0.5) is 0 Å². The van der Waals surface area contributed by atoms with Crippen LogP contribution in [0.5, 0.6) is 0 Å². The standard InChI is InChI=1S/C16H11ClO3S/c17-21(18,19)11-10-12-4-1-2-6-14(12)16-9-8-13-5-3-7-15(13)20-16/h1-11H. The maximum absolute atomic E-state index is 11.0. The highest BCUT2D eigenvalue weighted by Gasteiger charge is 2.10. The molecule has 0 bridgehead atoms. The summed E-state index contributed by atoms with van der Waals surface area (Å²) in [6, 6.07) is 17.0. The molecule has 1 aromatic rings. The summed E-state index contributed by atoms with van der Waals surface area (Å²) in [5, 5.41) is 0.967. The van der Waals surface area contributed by atoms with Gasteiger partial charge in [-0.3, -0.25) is 0 Å². The summed E-state index contributed by atoms with van der Waals surface area (Å²) in [6.45, 7) is 0. The molecule has 106 valence electrons. The maximum atomic E-state index is 11.0. The monoisotopic (exact) mass is 318 g/mol. The fourth-order valence-corrected chi connectivity index (χ4v) is 2.60. The van der Waals surface area contributed by atoms with Gasteiger partial charge in [-0.25, -0.2) is 8.42 Å². The van der Waals surface area contributed by atoms with E-state index in [9.17, 15) is 8.42 Å². The van der Waals surface area contributed by atoms with Crippen molar-refractivity contribution in [3.8, 4) is 22.6 Å². The first-order chi connectivity index (χ1) is 10.0. The van der Waals surface area contributed by atoms with E-state index in [1.807, 2.05) is 48.5 Å². The third-order valence-corrected chi connectivity index (χ3v) is 3.85. The Bertz CT molecular complexity index is 878. The van der Waals surface area contributed by atoms with Gasteiger partial charge in [-0.1, -0.05) is 36.4 Å². The van der Waals surface area contributed by atoms with Gasteiger partial charge in [0, 0.05) is 27.2 Å². The molecule has 0 aromatic heterocycles. The first-order valence-electron chi connectivity index (χ1n) is 6.24. The zero-order valence-electron chi connectivity index (χ0n) is 10.9. The van der Waals surface area contributed by atoms with Crippen LogP contribution >= 0.6 is 10.7 Å². The van der Waals surface area contributed by atoms with Crippen LogP contribution in [-0.4, -0.2) is 8.42 Å². The van der Waals surface area contributed by atoms with Crippen molar-refractivity contribution in [3.05, 3.63) is 65.6 Å². The van der Waals surface area contributed by atoms with Crippen LogP contribution in [0.25, 0.3) is 28.7 Å². The average molecular weight is 319 g/mol. The summed E-state index contributed by atoms with van der Waals surface area (Å²) in [6.07, 6.45) is 1.46. The first kappa shape index (κ1) is 13.9. The van der Waals surface area contributed by atoms with E-state index in [0.29, 0.717) is 5.76 Å². The van der Waals surface area contributed by atoms with Gasteiger partial charge in [0.1, 0.15) is 11.5 Å². The van der Waals surface area contributed by atoms with Crippen LogP contribution in [-0.2, 0) is 9.05 Å². The van der Waals surface area contributed by atoms with E-state index in [-0.39, 0.29) is 0 Å². The lowest BCUT2D eigenvalue weighted by atomic mass is 10.0. The number of fused-ring (bicyclic) bond motifs is 1. The molecule has 0 saturated carbocycles. The molecule has 0 fully saturated rings. The number of halogens is 1. The van der Waals surface area contributed by atoms with Gasteiger partial charge in [0.25, 0.3) is 9.05 Å². The molecule has 2 aliphatic rings. The molecule has 0 N–H and O–H groups in total. The molecule has 1 aliphatic heterocycles. The van der Waals surface area contributed by atoms with E-state index < -0.39 is 9.05 Å². The Balaban J connectivity index is 2.10. The molecule has 21 heavy (non-hydrogen) atoms. The highest BCUT2D eigenvalue weighted by atomic mass is 35.7. The molecular formula is C16H11ClO3S. The summed E-state index contributed by atoms with van der Waals surface area (Å²) in [5.74, 6) is 1.46. The zero-order chi connectivity index (χ0) is 14.9. The highest BCUT2D eigenvalue weighted by molar-refractivity contribution is 8.16. The minimum Gasteiger partial charge on any atom is -0.456 e. The molecule has 1 heterocycles. The molecule has 1 aromatic carbocycles. The summed E-state index contributed by atoms with van der Waals surface area (Å²) < 4.78 is 27.9. The molecule has 0 saturated heterocycles. The Morgan fingerprint density at radius 3 is 2.52 bits per heavy atom. The fourth-order valence-electron chi connectivity index (χ4n) is 2.13. The minimum atomic E-state index is -3.69. The summed E-state index contributed by atoms with van der Waals surface area (Å²) in [5.41, 5.74) is 2.55. The number of benzene rings is 1. The molecule has 0 radical (unpaired) electrons. The summed E-state index contributed by atoms with van der Waals surface area (Å²) >= 11 is 0. The lowest BCUT2D eigenvalue weighted by molar-refractivity contribution is 0.583. The van der Waals surface area contributed by atoms with Gasteiger partial charge in [-0.05, 0) is 29.8 Å². The van der Waals surface area contributed by atoms with Crippen LogP contribution in [0.3, 0.4) is 0 Å². The fraction of sp³-hybridized carbons (Fsp3) is 0. The average Bonchev–Trinajstić information content (AvgIpc) is 2.92. The van der Waals surface area contributed by atoms with E-state index >= 15 is 0 Å². The van der Waals surface area contributed by atoms with Crippen molar-refractivity contribution < 1.29 is 12.8 Å². The lowest BCUT2D eigenvalue weighted by Gasteiger charge is -2.07. The minimum absolute atomic E-state index is 0.668. The van der Waals surface area contributed by atoms with Gasteiger partial charge in [0.05, 0.1) is 0 Å². The maximum Gasteiger partial charge on any atom is 0.254 e. The lowest BCUT2D eigenvalue weighted by Crippen LogP contribution is -1.86. The number of hydrogen-bond donors (Lipinski definition) is 0. The molecule has 1 aliphatic carbocycles. The molecular weight excluding hydrogens is 308 g/mol. The van der Waals surface area contributed by atoms with E-state index in [4.69, 9.17) is 15.1 Å². The number of hydrogen-bond acceptors (Lipinski definition) is 3. The predicted octanol–water partition coefficient (Wildman–Crippen LogP) is 4.59. The van der Waals surface area contributed by atoms with Crippen molar-refractivity contribution in [1.29, 1.82) is 0 Å². The first-order valence-corrected chi connectivity index (χ1v) is 8.61. The molecule has 0 atom stereocenters. The summed E-state index contributed by atoms with van der Waals surface area (Å²) in [4.78, 5) is 0. The molecule has 0 unspecified atom stereocenters. The van der Waals surface area contributed by atoms with Crippen LogP contribution in [0.15, 0.2) is 64.4 Å². The van der Waals surface area contributed by atoms with Crippen molar-refractivity contribution in [2.75, 3.05) is 0 Å². The van der Waals surface area contributed by atoms with Gasteiger partial charge in [0.15, 0.2) is 0 Å². The molecule has 0 amide bonds. The normalized spacial score (nSPS) is 12.2. The van der Waals surface area contributed by atoms with Gasteiger partial charge in [-0.15, -0.1) is 0 Å². The Morgan fingerprint density at radius 1 is 0.905 bits per heavy atom. The third kappa shape index (κ3) is 3.17. The number of rotatable bonds is 3. The van der Waals surface area contributed by atoms with Crippen molar-refractivity contribution in [3.63, 3.8) is 0 Å². The van der Waals surface area contributed by atoms with Crippen LogP contribution in [0.1, 0.15) is 5.56 Å². The molecule has 3 rings (SSSR count). The van der Waals surface area contributed by atoms with E-state index in [0.717, 1.165) is 27.9 Å². The molecule has 5 heteroatoms. The third-order valence-electron chi connectivity index (χ3n) is 3.08. The van der Waals surface area contributed by atoms with Crippen molar-refractivity contribution in [2.24, 2.45) is 0 Å². The van der Waals surface area contributed by atoms with Crippen molar-refractivity contribution in [2.45, 2.75) is 0 Å². The van der Waals surface area contributed by atoms with Crippen molar-refractivity contribution >= 4 is 25.8 Å². The van der Waals surface area contributed by atoms with E-state index in [2.05, 4.69) is 0 Å². The zero-order valence-corrected chi connectivity index (χ0v) is 12.4. The Morgan fingerprint density at radius 2 is 1.71 bits per heavy atom. The van der Waals surface area contributed by atoms with E-state index in [1.54, 1.807) is 6.07 Å². The van der Waals surface area contributed by atoms with E-state index in [1.165, 1.54) is 6.08 Å². The van der Waals surface area contributed by atoms with Gasteiger partial charge in [-0.2, -0.15) is 0 Å². The topological polar surface area (TPSA) is 47.3 Å². The quantitative estimate of drug-likeness (QED) is 0.663. The van der Waals surface area contributed by atoms with Gasteiger partial charge >= 0.3 is 0 Å². The Hall–Kier alpha value is -2.04. The van der Waals surface area contributed by atoms with Gasteiger partial charge < -0.3 is 4.42 Å². The van der Waals surface area contributed by atoms with Crippen molar-refractivity contribution in [1.82, 2.24) is 0 Å². The molecule has 3 nitrogen and oxygen atoms in total. The summed E-state index contributed by atoms with van der Waals surface area (Å²) in [7, 11) is 1.52. The Labute approximate surface area is 127 Å². The van der Waals surface area contributed by atoms with Gasteiger partial charge in [0.2, 0.25) is 0 Å².